The summed E-state index contributed by atoms with van der Waals surface area (Å²) in [6.07, 6.45) is 0. The quantitative estimate of drug-likeness (QED) is 0.166. The zero-order valence-corrected chi connectivity index (χ0v) is 29.9. The van der Waals surface area contributed by atoms with Gasteiger partial charge in [-0.3, -0.25) is 0 Å². The molecule has 0 saturated carbocycles. The molecule has 8 aromatic carbocycles. The molecule has 10 aromatic rings. The second kappa shape index (κ2) is 13.9. The van der Waals surface area contributed by atoms with Crippen molar-refractivity contribution in [2.75, 3.05) is 0 Å². The number of hydrogen-bond acceptors (Lipinski definition) is 3. The summed E-state index contributed by atoms with van der Waals surface area (Å²) in [6, 6.07) is 72.2. The Balaban J connectivity index is 1.15. The second-order valence-electron chi connectivity index (χ2n) is 13.8. The molecule has 3 heteroatoms. The molecule has 0 aliphatic heterocycles. The molecular formula is C52H34N2O. The first-order valence-corrected chi connectivity index (χ1v) is 18.6. The van der Waals surface area contributed by atoms with Gasteiger partial charge in [0.25, 0.3) is 0 Å². The zero-order valence-electron chi connectivity index (χ0n) is 29.9. The van der Waals surface area contributed by atoms with E-state index in [0.29, 0.717) is 5.82 Å². The van der Waals surface area contributed by atoms with E-state index in [1.54, 1.807) is 0 Å². The third-order valence-corrected chi connectivity index (χ3v) is 10.3. The normalized spacial score (nSPS) is 11.3. The molecule has 0 amide bonds. The lowest BCUT2D eigenvalue weighted by Crippen LogP contribution is -1.97. The molecule has 258 valence electrons. The van der Waals surface area contributed by atoms with Crippen LogP contribution in [0.4, 0.5) is 0 Å². The molecule has 3 nitrogen and oxygen atoms in total. The summed E-state index contributed by atoms with van der Waals surface area (Å²) in [4.78, 5) is 10.5. The van der Waals surface area contributed by atoms with Gasteiger partial charge in [-0.1, -0.05) is 158 Å². The van der Waals surface area contributed by atoms with E-state index in [4.69, 9.17) is 14.4 Å². The lowest BCUT2D eigenvalue weighted by Gasteiger charge is -2.14. The van der Waals surface area contributed by atoms with Crippen molar-refractivity contribution in [1.29, 1.82) is 0 Å². The maximum atomic E-state index is 6.33. The lowest BCUT2D eigenvalue weighted by molar-refractivity contribution is 0.669. The number of nitrogens with zero attached hydrogens (tertiary/aromatic N) is 2. The molecular weight excluding hydrogens is 669 g/mol. The number of aromatic nitrogens is 2. The minimum absolute atomic E-state index is 0.674. The first-order valence-electron chi connectivity index (χ1n) is 18.6. The van der Waals surface area contributed by atoms with Gasteiger partial charge in [-0.2, -0.15) is 0 Å². The van der Waals surface area contributed by atoms with Crippen molar-refractivity contribution in [3.8, 4) is 78.4 Å². The highest BCUT2D eigenvalue weighted by Gasteiger charge is 2.16. The van der Waals surface area contributed by atoms with E-state index < -0.39 is 0 Å². The minimum Gasteiger partial charge on any atom is -0.456 e. The van der Waals surface area contributed by atoms with Gasteiger partial charge in [-0.05, 0) is 93.0 Å². The molecule has 10 rings (SSSR count). The average Bonchev–Trinajstić information content (AvgIpc) is 3.65. The molecule has 0 N–H and O–H groups in total. The standard InChI is InChI=1S/C52H34N2O/c1-4-13-35(14-5-1)38-23-25-39(26-24-38)48-34-49(54-52(53-48)42-20-12-19-40(29-42)36-15-6-2-7-16-36)45-31-43(37-17-8-3-9-18-37)30-44(32-45)41-27-28-47-46-21-10-11-22-50(46)55-51(47)33-41/h1-34H. The van der Waals surface area contributed by atoms with Crippen LogP contribution < -0.4 is 0 Å². The number of fused-ring (bicyclic) bond motifs is 3. The predicted molar refractivity (Wildman–Crippen MR) is 227 cm³/mol. The summed E-state index contributed by atoms with van der Waals surface area (Å²) in [5, 5.41) is 2.23. The Kier molecular flexibility index (Phi) is 8.16. The van der Waals surface area contributed by atoms with Crippen molar-refractivity contribution in [3.05, 3.63) is 206 Å². The molecule has 0 unspecified atom stereocenters. The van der Waals surface area contributed by atoms with Crippen molar-refractivity contribution < 1.29 is 4.42 Å². The van der Waals surface area contributed by atoms with Crippen LogP contribution >= 0.6 is 0 Å². The Morgan fingerprint density at radius 3 is 1.40 bits per heavy atom. The van der Waals surface area contributed by atoms with E-state index in [1.165, 1.54) is 5.56 Å². The number of rotatable bonds is 7. The summed E-state index contributed by atoms with van der Waals surface area (Å²) in [7, 11) is 0. The fourth-order valence-corrected chi connectivity index (χ4v) is 7.45. The fourth-order valence-electron chi connectivity index (χ4n) is 7.45. The Morgan fingerprint density at radius 1 is 0.255 bits per heavy atom. The van der Waals surface area contributed by atoms with E-state index in [1.807, 2.05) is 24.3 Å². The summed E-state index contributed by atoms with van der Waals surface area (Å²) in [6.45, 7) is 0. The molecule has 0 spiro atoms. The van der Waals surface area contributed by atoms with Gasteiger partial charge in [-0.15, -0.1) is 0 Å². The van der Waals surface area contributed by atoms with Crippen LogP contribution in [0.1, 0.15) is 0 Å². The third kappa shape index (κ3) is 6.39. The average molecular weight is 703 g/mol. The van der Waals surface area contributed by atoms with Crippen LogP contribution in [-0.4, -0.2) is 9.97 Å². The number of hydrogen-bond donors (Lipinski definition) is 0. The number of furan rings is 1. The predicted octanol–water partition coefficient (Wildman–Crippen LogP) is 14.0. The maximum Gasteiger partial charge on any atom is 0.160 e. The first kappa shape index (κ1) is 32.3. The molecule has 2 heterocycles. The van der Waals surface area contributed by atoms with Crippen LogP contribution in [0.3, 0.4) is 0 Å². The SMILES string of the molecule is c1ccc(-c2ccc(-c3cc(-c4cc(-c5ccccc5)cc(-c5ccc6c(c5)oc5ccccc56)c4)nc(-c4cccc(-c5ccccc5)c4)n3)cc2)cc1. The van der Waals surface area contributed by atoms with Crippen molar-refractivity contribution >= 4 is 21.9 Å². The van der Waals surface area contributed by atoms with Crippen LogP contribution in [0.2, 0.25) is 0 Å². The van der Waals surface area contributed by atoms with Crippen LogP contribution in [0, 0.1) is 0 Å². The van der Waals surface area contributed by atoms with Gasteiger partial charge in [0, 0.05) is 27.5 Å². The maximum absolute atomic E-state index is 6.33. The molecule has 0 bridgehead atoms. The molecule has 55 heavy (non-hydrogen) atoms. The number of para-hydroxylation sites is 1. The Bertz CT molecular complexity index is 2950. The van der Waals surface area contributed by atoms with E-state index in [0.717, 1.165) is 89.0 Å². The third-order valence-electron chi connectivity index (χ3n) is 10.3. The number of benzene rings is 8. The van der Waals surface area contributed by atoms with Crippen LogP contribution in [0.25, 0.3) is 100 Å². The molecule has 0 aliphatic carbocycles. The Hall–Kier alpha value is -7.36. The Morgan fingerprint density at radius 2 is 0.691 bits per heavy atom. The van der Waals surface area contributed by atoms with Crippen LogP contribution in [0.15, 0.2) is 211 Å². The van der Waals surface area contributed by atoms with E-state index in [-0.39, 0.29) is 0 Å². The van der Waals surface area contributed by atoms with Crippen LogP contribution in [-0.2, 0) is 0 Å². The van der Waals surface area contributed by atoms with Crippen molar-refractivity contribution in [1.82, 2.24) is 9.97 Å². The van der Waals surface area contributed by atoms with Gasteiger partial charge in [-0.25, -0.2) is 9.97 Å². The van der Waals surface area contributed by atoms with E-state index in [9.17, 15) is 0 Å². The van der Waals surface area contributed by atoms with Gasteiger partial charge >= 0.3 is 0 Å². The molecule has 0 radical (unpaired) electrons. The van der Waals surface area contributed by atoms with Gasteiger partial charge in [0.05, 0.1) is 11.4 Å². The highest BCUT2D eigenvalue weighted by molar-refractivity contribution is 6.06. The van der Waals surface area contributed by atoms with Crippen LogP contribution in [0.5, 0.6) is 0 Å². The zero-order chi connectivity index (χ0) is 36.6. The summed E-state index contributed by atoms with van der Waals surface area (Å²) < 4.78 is 6.33. The Labute approximate surface area is 319 Å². The van der Waals surface area contributed by atoms with Crippen molar-refractivity contribution in [2.24, 2.45) is 0 Å². The fraction of sp³-hybridized carbons (Fsp3) is 0. The first-order chi connectivity index (χ1) is 27.2. The highest BCUT2D eigenvalue weighted by Crippen LogP contribution is 2.38. The molecule has 0 fully saturated rings. The lowest BCUT2D eigenvalue weighted by atomic mass is 9.94. The molecule has 0 aliphatic rings. The largest absolute Gasteiger partial charge is 0.456 e. The molecule has 2 aromatic heterocycles. The minimum atomic E-state index is 0.674. The van der Waals surface area contributed by atoms with Gasteiger partial charge in [0.2, 0.25) is 0 Å². The summed E-state index contributed by atoms with van der Waals surface area (Å²) >= 11 is 0. The van der Waals surface area contributed by atoms with Gasteiger partial charge < -0.3 is 4.42 Å². The topological polar surface area (TPSA) is 38.9 Å². The highest BCUT2D eigenvalue weighted by atomic mass is 16.3. The second-order valence-corrected chi connectivity index (χ2v) is 13.8. The summed E-state index contributed by atoms with van der Waals surface area (Å²) in [5.41, 5.74) is 15.5. The molecule has 0 atom stereocenters. The van der Waals surface area contributed by atoms with Gasteiger partial charge in [0.15, 0.2) is 5.82 Å². The summed E-state index contributed by atoms with van der Waals surface area (Å²) in [5.74, 6) is 0.674. The van der Waals surface area contributed by atoms with Crippen molar-refractivity contribution in [3.63, 3.8) is 0 Å². The van der Waals surface area contributed by atoms with Gasteiger partial charge in [0.1, 0.15) is 11.2 Å². The van der Waals surface area contributed by atoms with E-state index in [2.05, 4.69) is 182 Å². The molecule has 0 saturated heterocycles. The van der Waals surface area contributed by atoms with Crippen molar-refractivity contribution in [2.45, 2.75) is 0 Å². The monoisotopic (exact) mass is 702 g/mol. The smallest absolute Gasteiger partial charge is 0.160 e. The van der Waals surface area contributed by atoms with E-state index >= 15 is 0 Å².